The minimum Gasteiger partial charge on any atom is -0.480 e. The molecule has 1 amide bonds. The van der Waals surface area contributed by atoms with Gasteiger partial charge in [-0.25, -0.2) is 9.59 Å². The van der Waals surface area contributed by atoms with E-state index in [1.807, 2.05) is 0 Å². The molecular weight excluding hydrogens is 246 g/mol. The number of ether oxygens (including phenoxy) is 1. The van der Waals surface area contributed by atoms with E-state index in [-0.39, 0.29) is 5.56 Å². The van der Waals surface area contributed by atoms with Crippen LogP contribution in [-0.2, 0) is 16.0 Å². The third-order valence-corrected chi connectivity index (χ3v) is 1.95. The first-order valence-electron chi connectivity index (χ1n) is 8.13. The lowest BCUT2D eigenvalue weighted by Gasteiger charge is -2.22. The maximum Gasteiger partial charge on any atom is 0.408 e. The van der Waals surface area contributed by atoms with Crippen molar-refractivity contribution in [1.82, 2.24) is 5.32 Å². The number of rotatable bonds is 4. The summed E-state index contributed by atoms with van der Waals surface area (Å²) in [7, 11) is 0. The Hall–Kier alpha value is -2.04. The number of alkyl carbamates (subject to hydrolysis) is 1. The first-order valence-corrected chi connectivity index (χ1v) is 5.63. The average Bonchev–Trinajstić information content (AvgIpc) is 2.44. The third-order valence-electron chi connectivity index (χ3n) is 1.95. The van der Waals surface area contributed by atoms with Gasteiger partial charge in [-0.15, -0.1) is 0 Å². The zero-order chi connectivity index (χ0) is 18.8. The Labute approximate surface area is 119 Å². The maximum atomic E-state index is 11.7. The van der Waals surface area contributed by atoms with Gasteiger partial charge in [0.1, 0.15) is 11.6 Å². The predicted molar refractivity (Wildman–Crippen MR) is 70.9 cm³/mol. The van der Waals surface area contributed by atoms with Crippen LogP contribution in [0.25, 0.3) is 0 Å². The van der Waals surface area contributed by atoms with Crippen molar-refractivity contribution >= 4 is 12.1 Å². The highest BCUT2D eigenvalue weighted by atomic mass is 16.6. The second kappa shape index (κ2) is 6.22. The number of hydrogen-bond donors (Lipinski definition) is 2. The second-order valence-electron chi connectivity index (χ2n) is 4.84. The highest BCUT2D eigenvalue weighted by molar-refractivity contribution is 5.80. The van der Waals surface area contributed by atoms with Crippen molar-refractivity contribution in [3.63, 3.8) is 0 Å². The third kappa shape index (κ3) is 5.90. The molecule has 0 spiro atoms. The summed E-state index contributed by atoms with van der Waals surface area (Å²) in [4.78, 5) is 23.1. The van der Waals surface area contributed by atoms with E-state index in [4.69, 9.17) is 11.6 Å². The number of amides is 1. The molecule has 1 aromatic rings. The van der Waals surface area contributed by atoms with Gasteiger partial charge >= 0.3 is 12.1 Å². The number of aliphatic carboxylic acids is 1. The second-order valence-corrected chi connectivity index (χ2v) is 4.84. The highest BCUT2D eigenvalue weighted by Crippen LogP contribution is 2.08. The van der Waals surface area contributed by atoms with Crippen LogP contribution in [0.5, 0.6) is 0 Å². The highest BCUT2D eigenvalue weighted by Gasteiger charge is 2.23. The summed E-state index contributed by atoms with van der Waals surface area (Å²) in [5, 5.41) is 11.4. The summed E-state index contributed by atoms with van der Waals surface area (Å²) >= 11 is 0. The molecule has 0 aromatic heterocycles. The van der Waals surface area contributed by atoms with Crippen molar-refractivity contribution in [3.05, 3.63) is 35.8 Å². The number of carbonyl (C=O) groups excluding carboxylic acids is 1. The van der Waals surface area contributed by atoms with E-state index in [0.29, 0.717) is 0 Å². The van der Waals surface area contributed by atoms with Gasteiger partial charge in [-0.05, 0) is 26.3 Å². The van der Waals surface area contributed by atoms with E-state index in [1.165, 1.54) is 0 Å². The SMILES string of the molecule is [2H]c1c([2H])c([2H])c(C[C@H](NC(=O)OC(C)(C)C)C(=O)O)c([2H])c1[2H]. The number of carboxylic acids is 1. The molecule has 0 aliphatic carbocycles. The molecule has 0 aliphatic rings. The normalized spacial score (nSPS) is 16.3. The van der Waals surface area contributed by atoms with Crippen molar-refractivity contribution in [3.8, 4) is 0 Å². The molecule has 0 saturated carbocycles. The maximum absolute atomic E-state index is 11.7. The van der Waals surface area contributed by atoms with Crippen molar-refractivity contribution in [1.29, 1.82) is 0 Å². The average molecular weight is 270 g/mol. The lowest BCUT2D eigenvalue weighted by molar-refractivity contribution is -0.139. The molecular formula is C14H19NO4. The molecule has 1 rings (SSSR count). The summed E-state index contributed by atoms with van der Waals surface area (Å²) in [6.07, 6.45) is -1.44. The number of nitrogens with one attached hydrogen (secondary N) is 1. The first-order chi connectivity index (χ1) is 10.8. The molecule has 0 heterocycles. The number of carbonyl (C=O) groups is 2. The summed E-state index contributed by atoms with van der Waals surface area (Å²) in [5.74, 6) is -1.41. The first kappa shape index (κ1) is 8.96. The van der Waals surface area contributed by atoms with E-state index in [0.717, 1.165) is 0 Å². The fourth-order valence-corrected chi connectivity index (χ4v) is 1.23. The van der Waals surface area contributed by atoms with Gasteiger partial charge in [0.25, 0.3) is 0 Å². The summed E-state index contributed by atoms with van der Waals surface area (Å²) in [6, 6.07) is -4.19. The van der Waals surface area contributed by atoms with E-state index < -0.39 is 60.3 Å². The molecule has 5 heteroatoms. The predicted octanol–water partition coefficient (Wildman–Crippen LogP) is 2.21. The topological polar surface area (TPSA) is 75.6 Å². The van der Waals surface area contributed by atoms with E-state index in [1.54, 1.807) is 20.8 Å². The van der Waals surface area contributed by atoms with Crippen LogP contribution in [0.2, 0.25) is 0 Å². The zero-order valence-electron chi connectivity index (χ0n) is 16.0. The molecule has 0 bridgehead atoms. The van der Waals surface area contributed by atoms with Gasteiger partial charge in [0.05, 0.1) is 6.85 Å². The largest absolute Gasteiger partial charge is 0.480 e. The quantitative estimate of drug-likeness (QED) is 0.879. The van der Waals surface area contributed by atoms with Crippen LogP contribution in [0.15, 0.2) is 30.2 Å². The van der Waals surface area contributed by atoms with E-state index in [9.17, 15) is 14.7 Å². The number of benzene rings is 1. The monoisotopic (exact) mass is 270 g/mol. The Morgan fingerprint density at radius 3 is 2.42 bits per heavy atom. The molecule has 2 N–H and O–H groups in total. The number of hydrogen-bond acceptors (Lipinski definition) is 3. The Morgan fingerprint density at radius 1 is 1.37 bits per heavy atom. The molecule has 0 radical (unpaired) electrons. The van der Waals surface area contributed by atoms with Gasteiger partial charge in [-0.2, -0.15) is 0 Å². The van der Waals surface area contributed by atoms with Gasteiger partial charge in [0, 0.05) is 6.42 Å². The molecule has 0 aliphatic heterocycles. The molecule has 5 nitrogen and oxygen atoms in total. The molecule has 19 heavy (non-hydrogen) atoms. The van der Waals surface area contributed by atoms with E-state index >= 15 is 0 Å². The van der Waals surface area contributed by atoms with Gasteiger partial charge in [-0.1, -0.05) is 30.2 Å². The molecule has 0 saturated heterocycles. The molecule has 104 valence electrons. The Morgan fingerprint density at radius 2 is 1.95 bits per heavy atom. The molecule has 1 atom stereocenters. The van der Waals surface area contributed by atoms with Crippen LogP contribution in [0.4, 0.5) is 4.79 Å². The summed E-state index contributed by atoms with van der Waals surface area (Å²) in [5.41, 5.74) is -1.02. The fourth-order valence-electron chi connectivity index (χ4n) is 1.23. The van der Waals surface area contributed by atoms with Crippen molar-refractivity contribution in [2.75, 3.05) is 0 Å². The fraction of sp³-hybridized carbons (Fsp3) is 0.429. The van der Waals surface area contributed by atoms with Gasteiger partial charge in [0.2, 0.25) is 0 Å². The summed E-state index contributed by atoms with van der Waals surface area (Å²) in [6.45, 7) is 4.83. The minimum absolute atomic E-state index is 0.190. The lowest BCUT2D eigenvalue weighted by Crippen LogP contribution is -2.44. The van der Waals surface area contributed by atoms with Gasteiger partial charge in [0.15, 0.2) is 0 Å². The van der Waals surface area contributed by atoms with Crippen LogP contribution in [-0.4, -0.2) is 28.8 Å². The molecule has 0 unspecified atom stereocenters. The van der Waals surface area contributed by atoms with Gasteiger partial charge < -0.3 is 15.2 Å². The van der Waals surface area contributed by atoms with Crippen molar-refractivity contribution in [2.24, 2.45) is 0 Å². The van der Waals surface area contributed by atoms with Gasteiger partial charge in [-0.3, -0.25) is 0 Å². The summed E-state index contributed by atoms with van der Waals surface area (Å²) < 4.78 is 43.2. The van der Waals surface area contributed by atoms with Crippen LogP contribution >= 0.6 is 0 Å². The smallest absolute Gasteiger partial charge is 0.408 e. The van der Waals surface area contributed by atoms with Crippen molar-refractivity contribution < 1.29 is 26.3 Å². The zero-order valence-corrected chi connectivity index (χ0v) is 11.0. The van der Waals surface area contributed by atoms with Crippen LogP contribution in [0.1, 0.15) is 33.2 Å². The van der Waals surface area contributed by atoms with Crippen LogP contribution in [0, 0.1) is 0 Å². The van der Waals surface area contributed by atoms with Crippen LogP contribution < -0.4 is 5.32 Å². The van der Waals surface area contributed by atoms with E-state index in [2.05, 4.69) is 5.32 Å². The van der Waals surface area contributed by atoms with Crippen LogP contribution in [0.3, 0.4) is 0 Å². The van der Waals surface area contributed by atoms with Crippen molar-refractivity contribution in [2.45, 2.75) is 38.8 Å². The Balaban J connectivity index is 3.11. The molecule has 0 fully saturated rings. The lowest BCUT2D eigenvalue weighted by atomic mass is 10.1. The Bertz CT molecular complexity index is 643. The minimum atomic E-state index is -1.50. The molecule has 1 aromatic carbocycles. The Kier molecular flexibility index (Phi) is 2.93. The number of carboxylic acid groups (broad SMARTS) is 1. The standard InChI is InChI=1S/C14H19NO4/c1-14(2,3)19-13(18)15-11(12(16)17)9-10-7-5-4-6-8-10/h4-8,11H,9H2,1-3H3,(H,15,18)(H,16,17)/t11-/m0/s1/i4D,5D,6D,7D,8D.